The summed E-state index contributed by atoms with van der Waals surface area (Å²) in [7, 11) is 5.08. The Morgan fingerprint density at radius 3 is 2.57 bits per heavy atom. The fourth-order valence-corrected chi connectivity index (χ4v) is 2.77. The number of aryl methyl sites for hydroxylation is 1. The van der Waals surface area contributed by atoms with Gasteiger partial charge in [0.1, 0.15) is 11.4 Å². The van der Waals surface area contributed by atoms with Crippen molar-refractivity contribution in [3.63, 3.8) is 0 Å². The van der Waals surface area contributed by atoms with Crippen molar-refractivity contribution in [3.05, 3.63) is 51.8 Å². The number of carbonyl (C=O) groups is 2. The van der Waals surface area contributed by atoms with Gasteiger partial charge < -0.3 is 14.2 Å². The van der Waals surface area contributed by atoms with Crippen LogP contribution < -0.4 is 4.74 Å². The Morgan fingerprint density at radius 1 is 1.30 bits per heavy atom. The molecule has 0 saturated heterocycles. The molecule has 0 aliphatic heterocycles. The molecule has 0 N–H and O–H groups in total. The summed E-state index contributed by atoms with van der Waals surface area (Å²) in [5.41, 5.74) is 1.91. The number of ketones is 1. The quantitative estimate of drug-likeness (QED) is 0.750. The molecule has 5 nitrogen and oxygen atoms in total. The monoisotopic (exact) mass is 378 g/mol. The highest BCUT2D eigenvalue weighted by atomic mass is 79.9. The molecule has 6 heteroatoms. The van der Waals surface area contributed by atoms with Gasteiger partial charge in [-0.3, -0.25) is 9.59 Å². The van der Waals surface area contributed by atoms with E-state index < -0.39 is 0 Å². The third-order valence-electron chi connectivity index (χ3n) is 3.63. The van der Waals surface area contributed by atoms with Crippen molar-refractivity contribution in [1.82, 2.24) is 9.47 Å². The molecule has 2 rings (SSSR count). The van der Waals surface area contributed by atoms with Gasteiger partial charge in [0.15, 0.2) is 5.78 Å². The first-order chi connectivity index (χ1) is 10.8. The van der Waals surface area contributed by atoms with Crippen LogP contribution in [0, 0.1) is 0 Å². The molecule has 23 heavy (non-hydrogen) atoms. The number of Topliss-reactive ketones (excluding diaryl/α,β-unsaturated/α-hetero) is 1. The highest BCUT2D eigenvalue weighted by Gasteiger charge is 2.19. The fraction of sp³-hybridized carbons (Fsp3) is 0.294. The van der Waals surface area contributed by atoms with Crippen molar-refractivity contribution in [2.75, 3.05) is 14.2 Å². The zero-order valence-electron chi connectivity index (χ0n) is 13.6. The van der Waals surface area contributed by atoms with Gasteiger partial charge in [-0.1, -0.05) is 15.9 Å². The number of ether oxygens (including phenoxy) is 1. The summed E-state index contributed by atoms with van der Waals surface area (Å²) >= 11 is 3.43. The molecule has 2 aromatic rings. The fourth-order valence-electron chi connectivity index (χ4n) is 2.36. The predicted octanol–water partition coefficient (Wildman–Crippen LogP) is 3.27. The van der Waals surface area contributed by atoms with E-state index in [1.165, 1.54) is 6.92 Å². The Labute approximate surface area is 144 Å². The lowest BCUT2D eigenvalue weighted by molar-refractivity contribution is 0.0774. The molecule has 0 aliphatic carbocycles. The summed E-state index contributed by atoms with van der Waals surface area (Å²) in [5.74, 6) is 0.516. The average Bonchev–Trinajstić information content (AvgIpc) is 2.89. The van der Waals surface area contributed by atoms with Crippen molar-refractivity contribution >= 4 is 27.6 Å². The van der Waals surface area contributed by atoms with E-state index in [0.717, 1.165) is 15.8 Å². The molecule has 0 saturated carbocycles. The first-order valence-corrected chi connectivity index (χ1v) is 7.88. The molecular weight excluding hydrogens is 360 g/mol. The summed E-state index contributed by atoms with van der Waals surface area (Å²) in [5, 5.41) is 0. The highest BCUT2D eigenvalue weighted by Crippen LogP contribution is 2.24. The minimum atomic E-state index is -0.151. The van der Waals surface area contributed by atoms with E-state index in [-0.39, 0.29) is 11.7 Å². The van der Waals surface area contributed by atoms with E-state index in [4.69, 9.17) is 4.74 Å². The minimum Gasteiger partial charge on any atom is -0.496 e. The molecular formula is C17H19BrN2O3. The van der Waals surface area contributed by atoms with Crippen LogP contribution in [0.1, 0.15) is 33.3 Å². The zero-order valence-corrected chi connectivity index (χ0v) is 15.2. The first-order valence-electron chi connectivity index (χ1n) is 7.08. The number of methoxy groups -OCH3 is 1. The first kappa shape index (κ1) is 17.3. The van der Waals surface area contributed by atoms with Gasteiger partial charge >= 0.3 is 0 Å². The second-order valence-corrected chi connectivity index (χ2v) is 6.31. The molecule has 1 amide bonds. The van der Waals surface area contributed by atoms with Crippen LogP contribution in [0.2, 0.25) is 0 Å². The Bertz CT molecular complexity index is 752. The van der Waals surface area contributed by atoms with Gasteiger partial charge in [-0.05, 0) is 31.2 Å². The van der Waals surface area contributed by atoms with Crippen LogP contribution in [0.25, 0.3) is 0 Å². The largest absolute Gasteiger partial charge is 0.496 e. The van der Waals surface area contributed by atoms with Crippen LogP contribution in [-0.4, -0.2) is 35.3 Å². The van der Waals surface area contributed by atoms with E-state index in [1.807, 2.05) is 18.2 Å². The number of amides is 1. The normalized spacial score (nSPS) is 10.5. The molecule has 122 valence electrons. The van der Waals surface area contributed by atoms with Gasteiger partial charge in [-0.2, -0.15) is 0 Å². The van der Waals surface area contributed by atoms with Crippen LogP contribution in [0.3, 0.4) is 0 Å². The smallest absolute Gasteiger partial charge is 0.270 e. The maximum atomic E-state index is 12.6. The van der Waals surface area contributed by atoms with Crippen molar-refractivity contribution in [3.8, 4) is 5.75 Å². The van der Waals surface area contributed by atoms with Crippen molar-refractivity contribution < 1.29 is 14.3 Å². The Balaban J connectivity index is 2.24. The molecule has 0 radical (unpaired) electrons. The van der Waals surface area contributed by atoms with Crippen LogP contribution in [0.4, 0.5) is 0 Å². The lowest BCUT2D eigenvalue weighted by atomic mass is 10.2. The number of rotatable bonds is 5. The number of halogens is 1. The summed E-state index contributed by atoms with van der Waals surface area (Å²) in [6.45, 7) is 1.89. The lowest BCUT2D eigenvalue weighted by Crippen LogP contribution is -2.28. The number of benzene rings is 1. The topological polar surface area (TPSA) is 51.5 Å². The molecule has 0 unspecified atom stereocenters. The summed E-state index contributed by atoms with van der Waals surface area (Å²) in [4.78, 5) is 25.7. The SMILES string of the molecule is COc1ccc(Br)cc1CN(C)C(=O)c1cc(C(C)=O)cn1C. The van der Waals surface area contributed by atoms with E-state index in [0.29, 0.717) is 17.8 Å². The van der Waals surface area contributed by atoms with Gasteiger partial charge in [-0.15, -0.1) is 0 Å². The van der Waals surface area contributed by atoms with Crippen LogP contribution in [-0.2, 0) is 13.6 Å². The van der Waals surface area contributed by atoms with Gasteiger partial charge in [0.05, 0.1) is 7.11 Å². The van der Waals surface area contributed by atoms with Crippen LogP contribution >= 0.6 is 15.9 Å². The molecule has 1 aromatic heterocycles. The molecule has 1 heterocycles. The van der Waals surface area contributed by atoms with E-state index >= 15 is 0 Å². The van der Waals surface area contributed by atoms with Crippen molar-refractivity contribution in [1.29, 1.82) is 0 Å². The molecule has 0 bridgehead atoms. The number of nitrogens with zero attached hydrogens (tertiary/aromatic N) is 2. The summed E-state index contributed by atoms with van der Waals surface area (Å²) < 4.78 is 7.93. The third-order valence-corrected chi connectivity index (χ3v) is 4.12. The molecule has 0 spiro atoms. The maximum absolute atomic E-state index is 12.6. The Kier molecular flexibility index (Phi) is 5.26. The van der Waals surface area contributed by atoms with E-state index in [1.54, 1.807) is 42.9 Å². The van der Waals surface area contributed by atoms with Crippen molar-refractivity contribution in [2.24, 2.45) is 7.05 Å². The number of carbonyl (C=O) groups excluding carboxylic acids is 2. The van der Waals surface area contributed by atoms with Gasteiger partial charge in [0, 0.05) is 42.4 Å². The maximum Gasteiger partial charge on any atom is 0.270 e. The van der Waals surface area contributed by atoms with Crippen LogP contribution in [0.5, 0.6) is 5.75 Å². The summed E-state index contributed by atoms with van der Waals surface area (Å²) in [6.07, 6.45) is 1.67. The van der Waals surface area contributed by atoms with E-state index in [9.17, 15) is 9.59 Å². The minimum absolute atomic E-state index is 0.0593. The van der Waals surface area contributed by atoms with E-state index in [2.05, 4.69) is 15.9 Å². The average molecular weight is 379 g/mol. The third kappa shape index (κ3) is 3.82. The standard InChI is InChI=1S/C17H19BrN2O3/c1-11(21)12-8-15(19(2)9-12)17(22)20(3)10-13-7-14(18)5-6-16(13)23-4/h5-9H,10H2,1-4H3. The molecule has 0 fully saturated rings. The second-order valence-electron chi connectivity index (χ2n) is 5.40. The van der Waals surface area contributed by atoms with Gasteiger partial charge in [0.2, 0.25) is 0 Å². The second kappa shape index (κ2) is 7.00. The Hall–Kier alpha value is -2.08. The number of hydrogen-bond donors (Lipinski definition) is 0. The van der Waals surface area contributed by atoms with Crippen LogP contribution in [0.15, 0.2) is 34.9 Å². The highest BCUT2D eigenvalue weighted by molar-refractivity contribution is 9.10. The van der Waals surface area contributed by atoms with Gasteiger partial charge in [0.25, 0.3) is 5.91 Å². The predicted molar refractivity (Wildman–Crippen MR) is 91.9 cm³/mol. The number of aromatic nitrogens is 1. The Morgan fingerprint density at radius 2 is 2.00 bits per heavy atom. The molecule has 1 aromatic carbocycles. The van der Waals surface area contributed by atoms with Crippen molar-refractivity contribution in [2.45, 2.75) is 13.5 Å². The number of hydrogen-bond acceptors (Lipinski definition) is 3. The van der Waals surface area contributed by atoms with Gasteiger partial charge in [-0.25, -0.2) is 0 Å². The molecule has 0 aliphatic rings. The zero-order chi connectivity index (χ0) is 17.1. The molecule has 0 atom stereocenters. The lowest BCUT2D eigenvalue weighted by Gasteiger charge is -2.19. The summed E-state index contributed by atoms with van der Waals surface area (Å²) in [6, 6.07) is 7.29.